The maximum atomic E-state index is 13.5. The lowest BCUT2D eigenvalue weighted by molar-refractivity contribution is -0.138. The Morgan fingerprint density at radius 3 is 2.45 bits per heavy atom. The molecule has 9 heteroatoms. The number of fused-ring (bicyclic) bond motifs is 3. The highest BCUT2D eigenvalue weighted by Crippen LogP contribution is 2.45. The van der Waals surface area contributed by atoms with Gasteiger partial charge in [-0.1, -0.05) is 24.3 Å². The Kier molecular flexibility index (Phi) is 7.72. The number of hydrogen-bond acceptors (Lipinski definition) is 7. The number of carbonyl (C=O) groups excluding carboxylic acids is 2. The van der Waals surface area contributed by atoms with Crippen molar-refractivity contribution in [3.63, 3.8) is 0 Å². The fourth-order valence-electron chi connectivity index (χ4n) is 7.62. The highest BCUT2D eigenvalue weighted by molar-refractivity contribution is 5.97. The molecule has 2 bridgehead atoms. The maximum absolute atomic E-state index is 13.5. The molecule has 4 aliphatic heterocycles. The largest absolute Gasteiger partial charge is 0.451 e. The van der Waals surface area contributed by atoms with E-state index in [-0.39, 0.29) is 41.3 Å². The second-order valence-corrected chi connectivity index (χ2v) is 13.3. The van der Waals surface area contributed by atoms with Crippen LogP contribution in [0.1, 0.15) is 70.2 Å². The molecule has 7 rings (SSSR count). The molecule has 2 aromatic rings. The molecule has 1 aromatic carbocycles. The van der Waals surface area contributed by atoms with E-state index in [1.54, 1.807) is 12.5 Å². The summed E-state index contributed by atoms with van der Waals surface area (Å²) in [4.78, 5) is 42.0. The highest BCUT2D eigenvalue weighted by atomic mass is 16.5. The minimum Gasteiger partial charge on any atom is -0.451 e. The van der Waals surface area contributed by atoms with E-state index in [4.69, 9.17) is 4.74 Å². The average Bonchev–Trinajstić information content (AvgIpc) is 2.96. The highest BCUT2D eigenvalue weighted by Gasteiger charge is 2.49. The Morgan fingerprint density at radius 1 is 1.07 bits per heavy atom. The molecular formula is C33H44N6O3. The smallest absolute Gasteiger partial charge is 0.258 e. The molecule has 224 valence electrons. The first-order valence-corrected chi connectivity index (χ1v) is 15.5. The van der Waals surface area contributed by atoms with Crippen molar-refractivity contribution in [3.05, 3.63) is 54.5 Å². The summed E-state index contributed by atoms with van der Waals surface area (Å²) in [7, 11) is 0. The first-order valence-electron chi connectivity index (χ1n) is 15.5. The first kappa shape index (κ1) is 28.6. The summed E-state index contributed by atoms with van der Waals surface area (Å²) in [6.07, 6.45) is 8.43. The number of piperidine rings is 3. The van der Waals surface area contributed by atoms with Crippen LogP contribution in [0.4, 0.5) is 5.82 Å². The zero-order valence-corrected chi connectivity index (χ0v) is 25.4. The molecule has 1 saturated carbocycles. The summed E-state index contributed by atoms with van der Waals surface area (Å²) in [5, 5.41) is 3.60. The van der Waals surface area contributed by atoms with E-state index in [1.165, 1.54) is 5.57 Å². The van der Waals surface area contributed by atoms with Gasteiger partial charge in [0, 0.05) is 55.6 Å². The number of carbonyl (C=O) groups is 2. The van der Waals surface area contributed by atoms with Gasteiger partial charge in [-0.15, -0.1) is 0 Å². The monoisotopic (exact) mass is 572 g/mol. The van der Waals surface area contributed by atoms with Crippen LogP contribution in [0.25, 0.3) is 0 Å². The molecule has 1 N–H and O–H groups in total. The van der Waals surface area contributed by atoms with E-state index in [1.807, 2.05) is 56.9 Å². The van der Waals surface area contributed by atoms with Crippen molar-refractivity contribution in [2.75, 3.05) is 31.1 Å². The van der Waals surface area contributed by atoms with Crippen LogP contribution in [0.3, 0.4) is 0 Å². The average molecular weight is 573 g/mol. The predicted octanol–water partition coefficient (Wildman–Crippen LogP) is 4.65. The Hall–Kier alpha value is -3.46. The molecule has 9 nitrogen and oxygen atoms in total. The second kappa shape index (κ2) is 11.3. The third kappa shape index (κ3) is 5.27. The summed E-state index contributed by atoms with van der Waals surface area (Å²) in [6, 6.07) is 7.83. The molecular weight excluding hydrogens is 528 g/mol. The minimum atomic E-state index is -0.0967. The zero-order chi connectivity index (χ0) is 29.6. The van der Waals surface area contributed by atoms with Crippen LogP contribution >= 0.6 is 0 Å². The van der Waals surface area contributed by atoms with Crippen LogP contribution in [0.15, 0.2) is 48.9 Å². The fourth-order valence-corrected chi connectivity index (χ4v) is 7.62. The number of benzene rings is 1. The van der Waals surface area contributed by atoms with Crippen molar-refractivity contribution in [2.24, 2.45) is 11.3 Å². The van der Waals surface area contributed by atoms with Crippen LogP contribution in [0.5, 0.6) is 11.5 Å². The number of likely N-dealkylation sites (tertiary alicyclic amines) is 1. The molecule has 4 saturated heterocycles. The number of nitrogens with zero attached hydrogens (tertiary/aromatic N) is 5. The van der Waals surface area contributed by atoms with Gasteiger partial charge in [-0.2, -0.15) is 0 Å². The number of para-hydroxylation sites is 1. The SMILES string of the molecule is C=C1C[C@@H]2CC[C@H]1[C@@H](C(=O)N1CCC3(CC1)CN(c1ncncc1Oc1ccccc1C(=O)N(C(C)C)C(C)C)C3)N2. The van der Waals surface area contributed by atoms with Gasteiger partial charge in [0.15, 0.2) is 11.6 Å². The van der Waals surface area contributed by atoms with E-state index in [2.05, 4.69) is 31.7 Å². The van der Waals surface area contributed by atoms with Gasteiger partial charge in [0.05, 0.1) is 17.8 Å². The van der Waals surface area contributed by atoms with Crippen molar-refractivity contribution in [1.29, 1.82) is 0 Å². The number of amides is 2. The van der Waals surface area contributed by atoms with Crippen molar-refractivity contribution >= 4 is 17.6 Å². The Balaban J connectivity index is 1.10. The molecule has 5 fully saturated rings. The van der Waals surface area contributed by atoms with E-state index in [0.717, 1.165) is 64.1 Å². The van der Waals surface area contributed by atoms with Gasteiger partial charge in [-0.05, 0) is 71.9 Å². The van der Waals surface area contributed by atoms with Gasteiger partial charge < -0.3 is 24.8 Å². The summed E-state index contributed by atoms with van der Waals surface area (Å²) in [5.41, 5.74) is 1.94. The van der Waals surface area contributed by atoms with Gasteiger partial charge >= 0.3 is 0 Å². The van der Waals surface area contributed by atoms with Gasteiger partial charge in [0.1, 0.15) is 12.1 Å². The van der Waals surface area contributed by atoms with Gasteiger partial charge in [-0.3, -0.25) is 9.59 Å². The third-order valence-electron chi connectivity index (χ3n) is 9.77. The van der Waals surface area contributed by atoms with Gasteiger partial charge in [0.25, 0.3) is 5.91 Å². The Bertz CT molecular complexity index is 1330. The van der Waals surface area contributed by atoms with Crippen LogP contribution in [-0.2, 0) is 4.79 Å². The summed E-state index contributed by atoms with van der Waals surface area (Å²) in [6.45, 7) is 15.7. The van der Waals surface area contributed by atoms with Crippen LogP contribution < -0.4 is 15.0 Å². The number of anilines is 1. The minimum absolute atomic E-state index is 0.0567. The topological polar surface area (TPSA) is 90.9 Å². The van der Waals surface area contributed by atoms with Crippen LogP contribution in [0, 0.1) is 11.3 Å². The van der Waals surface area contributed by atoms with Crippen LogP contribution in [-0.4, -0.2) is 81.9 Å². The molecule has 2 amide bonds. The second-order valence-electron chi connectivity index (χ2n) is 13.3. The molecule has 42 heavy (non-hydrogen) atoms. The van der Waals surface area contributed by atoms with Crippen LogP contribution in [0.2, 0.25) is 0 Å². The molecule has 5 heterocycles. The van der Waals surface area contributed by atoms with Gasteiger partial charge in [0.2, 0.25) is 5.91 Å². The molecule has 5 aliphatic rings. The standard InChI is InChI=1S/C33H44N6O3/c1-21(2)39(22(3)4)31(40)26-8-6-7-9-27(26)42-28-17-34-20-35-30(28)38-18-33(19-38)12-14-37(15-13-33)32(41)29-25-11-10-24(36-29)16-23(25)5/h6-9,17,20-22,24-25,29,36H,5,10-16,18-19H2,1-4H3/t24-,25+,29-/m0/s1. The van der Waals surface area contributed by atoms with Crippen molar-refractivity contribution in [1.82, 2.24) is 25.1 Å². The molecule has 1 spiro atoms. The van der Waals surface area contributed by atoms with E-state index < -0.39 is 0 Å². The Morgan fingerprint density at radius 2 is 1.79 bits per heavy atom. The number of ether oxygens (including phenoxy) is 1. The van der Waals surface area contributed by atoms with Crippen molar-refractivity contribution in [3.8, 4) is 11.5 Å². The van der Waals surface area contributed by atoms with Crippen molar-refractivity contribution < 1.29 is 14.3 Å². The number of aromatic nitrogens is 2. The molecule has 0 radical (unpaired) electrons. The van der Waals surface area contributed by atoms with E-state index >= 15 is 0 Å². The van der Waals surface area contributed by atoms with E-state index in [0.29, 0.717) is 23.1 Å². The number of hydrogen-bond donors (Lipinski definition) is 1. The molecule has 0 unspecified atom stereocenters. The lowest BCUT2D eigenvalue weighted by Gasteiger charge is -2.55. The zero-order valence-electron chi connectivity index (χ0n) is 25.4. The number of rotatable bonds is 7. The third-order valence-corrected chi connectivity index (χ3v) is 9.77. The summed E-state index contributed by atoms with van der Waals surface area (Å²) in [5.74, 6) is 2.26. The maximum Gasteiger partial charge on any atom is 0.258 e. The predicted molar refractivity (Wildman–Crippen MR) is 163 cm³/mol. The lowest BCUT2D eigenvalue weighted by Crippen LogP contribution is -2.64. The Labute approximate surface area is 249 Å². The first-order chi connectivity index (χ1) is 20.2. The van der Waals surface area contributed by atoms with E-state index in [9.17, 15) is 9.59 Å². The number of nitrogens with one attached hydrogen (secondary N) is 1. The molecule has 1 aromatic heterocycles. The summed E-state index contributed by atoms with van der Waals surface area (Å²) >= 11 is 0. The normalized spacial score (nSPS) is 24.7. The van der Waals surface area contributed by atoms with Gasteiger partial charge in [-0.25, -0.2) is 9.97 Å². The molecule has 3 atom stereocenters. The molecule has 1 aliphatic carbocycles. The summed E-state index contributed by atoms with van der Waals surface area (Å²) < 4.78 is 6.37. The lowest BCUT2D eigenvalue weighted by atomic mass is 9.70. The van der Waals surface area contributed by atoms with Crippen molar-refractivity contribution in [2.45, 2.75) is 84.0 Å². The quantitative estimate of drug-likeness (QED) is 0.483. The fraction of sp³-hybridized carbons (Fsp3) is 0.576.